The maximum absolute atomic E-state index is 14.4. The molecule has 2 fully saturated rings. The number of rotatable bonds is 21. The van der Waals surface area contributed by atoms with Crippen molar-refractivity contribution in [3.05, 3.63) is 232 Å². The molecule has 2 aliphatic heterocycles. The lowest BCUT2D eigenvalue weighted by Gasteiger charge is -2.44. The highest BCUT2D eigenvalue weighted by atomic mass is 35.5. The van der Waals surface area contributed by atoms with Crippen molar-refractivity contribution in [1.82, 2.24) is 15.1 Å². The van der Waals surface area contributed by atoms with E-state index >= 15 is 0 Å². The summed E-state index contributed by atoms with van der Waals surface area (Å²) in [7, 11) is -0.251. The van der Waals surface area contributed by atoms with Gasteiger partial charge >= 0.3 is 5.97 Å². The maximum Gasteiger partial charge on any atom is 0.310 e. The Morgan fingerprint density at radius 3 is 1.68 bits per heavy atom. The van der Waals surface area contributed by atoms with E-state index in [1.807, 2.05) is 30.0 Å². The van der Waals surface area contributed by atoms with Crippen LogP contribution in [0.5, 0.6) is 0 Å². The predicted octanol–water partition coefficient (Wildman–Crippen LogP) is 13.6. The summed E-state index contributed by atoms with van der Waals surface area (Å²) in [5.74, 6) is 1.06. The Morgan fingerprint density at radius 2 is 1.18 bits per heavy atom. The second kappa shape index (κ2) is 23.9. The first-order valence-corrected chi connectivity index (χ1v) is 28.4. The van der Waals surface area contributed by atoms with E-state index in [-0.39, 0.29) is 36.3 Å². The molecule has 9 rings (SSSR count). The minimum Gasteiger partial charge on any atom is -0.469 e. The van der Waals surface area contributed by atoms with E-state index in [1.54, 1.807) is 0 Å². The van der Waals surface area contributed by atoms with Crippen LogP contribution in [0.2, 0.25) is 10.0 Å². The molecule has 2 bridgehead atoms. The summed E-state index contributed by atoms with van der Waals surface area (Å²) in [5.41, 5.74) is 4.64. The Morgan fingerprint density at radius 1 is 0.676 bits per heavy atom. The SMILES string of the molecule is COC(=O)[C@@H]1C2CCC(C[C@@H]1c1ccc(Cl)c(Cl)c1)N2CCCN(CCS(c1ccccc1)(c1ccccc1)c1ccccc1)CC(=O)NCCSC(c1ccccc1)(c1ccccc1)c1ccccc1. The van der Waals surface area contributed by atoms with Crippen LogP contribution in [0.1, 0.15) is 53.9 Å². The smallest absolute Gasteiger partial charge is 0.310 e. The van der Waals surface area contributed by atoms with E-state index in [1.165, 1.54) is 38.5 Å². The molecule has 0 aromatic heterocycles. The number of amides is 1. The third-order valence-corrected chi connectivity index (χ3v) is 20.9. The van der Waals surface area contributed by atoms with Gasteiger partial charge in [-0.1, -0.05) is 175 Å². The zero-order valence-electron chi connectivity index (χ0n) is 40.3. The van der Waals surface area contributed by atoms with Crippen LogP contribution < -0.4 is 5.32 Å². The number of esters is 1. The Labute approximate surface area is 436 Å². The highest BCUT2D eigenvalue weighted by Gasteiger charge is 2.51. The number of carbonyl (C=O) groups excluding carboxylic acids is 2. The van der Waals surface area contributed by atoms with Crippen LogP contribution in [0.25, 0.3) is 0 Å². The van der Waals surface area contributed by atoms with Gasteiger partial charge in [0.25, 0.3) is 0 Å². The predicted molar refractivity (Wildman–Crippen MR) is 295 cm³/mol. The summed E-state index contributed by atoms with van der Waals surface area (Å²) in [6, 6.07) is 71.1. The fourth-order valence-electron chi connectivity index (χ4n) is 11.4. The molecule has 1 amide bonds. The van der Waals surface area contributed by atoms with Gasteiger partial charge in [-0.25, -0.2) is 0 Å². The molecule has 0 aliphatic carbocycles. The maximum atomic E-state index is 14.4. The van der Waals surface area contributed by atoms with Crippen molar-refractivity contribution in [3.63, 3.8) is 0 Å². The molecule has 4 atom stereocenters. The van der Waals surface area contributed by atoms with E-state index in [0.717, 1.165) is 50.1 Å². The lowest BCUT2D eigenvalue weighted by molar-refractivity contribution is -0.150. The fourth-order valence-corrected chi connectivity index (χ4v) is 17.0. The number of methoxy groups -OCH3 is 1. The second-order valence-corrected chi connectivity index (χ2v) is 24.0. The zero-order chi connectivity index (χ0) is 49.0. The molecule has 2 aliphatic rings. The van der Waals surface area contributed by atoms with Gasteiger partial charge in [0, 0.05) is 42.6 Å². The number of nitrogens with one attached hydrogen (secondary N) is 1. The number of halogens is 2. The summed E-state index contributed by atoms with van der Waals surface area (Å²) in [4.78, 5) is 37.0. The molecule has 7 aromatic rings. The van der Waals surface area contributed by atoms with E-state index in [4.69, 9.17) is 27.9 Å². The standard InChI is InChI=1S/C61H63Cl2N3O3S2/c1-69-60(68)59-54(46-33-35-55(62)56(63)43-46)44-50-34-36-57(59)66(50)39-20-38-65(40-42-71(51-27-14-5-15-28-51,52-29-16-6-17-30-52)53-31-18-7-19-32-53)45-58(67)64-37-41-70-61(47-21-8-2-9-22-47,48-23-10-3-11-24-48)49-25-12-4-13-26-49/h2-19,21-33,35,43,50,54,57,59H,20,34,36-42,44-45H2,1H3,(H,64,67)/t50?,54-,57?,59+/m1/s1. The van der Waals surface area contributed by atoms with Gasteiger partial charge in [0.15, 0.2) is 0 Å². The Hall–Kier alpha value is -5.32. The minimum atomic E-state index is -1.75. The average Bonchev–Trinajstić information content (AvgIpc) is 3.70. The molecule has 0 saturated carbocycles. The third-order valence-electron chi connectivity index (χ3n) is 14.6. The number of nitrogens with zero attached hydrogens (tertiary/aromatic N) is 2. The molecular formula is C61H63Cl2N3O3S2. The van der Waals surface area contributed by atoms with Crippen molar-refractivity contribution < 1.29 is 14.3 Å². The lowest BCUT2D eigenvalue weighted by atomic mass is 9.76. The lowest BCUT2D eigenvalue weighted by Crippen LogP contribution is -2.51. The highest BCUT2D eigenvalue weighted by Crippen LogP contribution is 2.68. The fraction of sp³-hybridized carbons (Fsp3) is 0.279. The highest BCUT2D eigenvalue weighted by molar-refractivity contribution is 8.33. The number of benzene rings is 7. The number of piperidine rings is 1. The molecule has 7 aromatic carbocycles. The average molecular weight is 1020 g/mol. The van der Waals surface area contributed by atoms with Gasteiger partial charge in [-0.3, -0.25) is 19.4 Å². The van der Waals surface area contributed by atoms with Crippen LogP contribution in [0.15, 0.2) is 215 Å². The zero-order valence-corrected chi connectivity index (χ0v) is 43.5. The summed E-state index contributed by atoms with van der Waals surface area (Å²) >= 11 is 14.7. The van der Waals surface area contributed by atoms with E-state index in [0.29, 0.717) is 34.9 Å². The van der Waals surface area contributed by atoms with E-state index < -0.39 is 14.8 Å². The van der Waals surface area contributed by atoms with Gasteiger partial charge in [0.05, 0.1) is 34.4 Å². The van der Waals surface area contributed by atoms with Crippen LogP contribution in [0.4, 0.5) is 0 Å². The van der Waals surface area contributed by atoms with Gasteiger partial charge in [0.1, 0.15) is 0 Å². The molecule has 10 heteroatoms. The van der Waals surface area contributed by atoms with Gasteiger partial charge < -0.3 is 10.1 Å². The van der Waals surface area contributed by atoms with Crippen LogP contribution in [-0.2, 0) is 19.1 Å². The normalized spacial score (nSPS) is 18.3. The third kappa shape index (κ3) is 11.2. The first kappa shape index (κ1) is 50.6. The largest absolute Gasteiger partial charge is 0.469 e. The number of carbonyl (C=O) groups is 2. The Bertz CT molecular complexity index is 2600. The second-order valence-electron chi connectivity index (χ2n) is 18.6. The van der Waals surface area contributed by atoms with Crippen LogP contribution in [-0.4, -0.2) is 85.1 Å². The number of ether oxygens (including phenoxy) is 1. The Kier molecular flexibility index (Phi) is 17.1. The molecular weight excluding hydrogens is 958 g/mol. The van der Waals surface area contributed by atoms with Crippen molar-refractivity contribution in [1.29, 1.82) is 0 Å². The van der Waals surface area contributed by atoms with Gasteiger partial charge in [-0.15, -0.1) is 11.8 Å². The number of fused-ring (bicyclic) bond motifs is 2. The van der Waals surface area contributed by atoms with Gasteiger partial charge in [-0.05, 0) is 124 Å². The van der Waals surface area contributed by atoms with Crippen LogP contribution >= 0.6 is 45.0 Å². The first-order chi connectivity index (χ1) is 34.8. The molecule has 0 radical (unpaired) electrons. The van der Waals surface area contributed by atoms with Crippen molar-refractivity contribution in [2.24, 2.45) is 5.92 Å². The number of hydrogen-bond acceptors (Lipinski definition) is 6. The molecule has 1 N–H and O–H groups in total. The van der Waals surface area contributed by atoms with Crippen molar-refractivity contribution in [2.45, 2.75) is 63.1 Å². The summed E-state index contributed by atoms with van der Waals surface area (Å²) in [6.45, 7) is 3.05. The molecule has 2 heterocycles. The van der Waals surface area contributed by atoms with Gasteiger partial charge in [-0.2, -0.15) is 10.0 Å². The number of hydrogen-bond donors (Lipinski definition) is 1. The van der Waals surface area contributed by atoms with Crippen molar-refractivity contribution in [3.8, 4) is 0 Å². The summed E-state index contributed by atoms with van der Waals surface area (Å²) in [5, 5.41) is 4.39. The minimum absolute atomic E-state index is 0.00683. The summed E-state index contributed by atoms with van der Waals surface area (Å²) in [6.07, 6.45) is 3.65. The summed E-state index contributed by atoms with van der Waals surface area (Å²) < 4.78 is 5.03. The molecule has 2 saturated heterocycles. The van der Waals surface area contributed by atoms with E-state index in [2.05, 4.69) is 197 Å². The monoisotopic (exact) mass is 1020 g/mol. The van der Waals surface area contributed by atoms with Crippen molar-refractivity contribution >= 4 is 56.9 Å². The quantitative estimate of drug-likeness (QED) is 0.0440. The van der Waals surface area contributed by atoms with Gasteiger partial charge in [0.2, 0.25) is 5.91 Å². The molecule has 71 heavy (non-hydrogen) atoms. The Balaban J connectivity index is 0.960. The molecule has 366 valence electrons. The molecule has 0 spiro atoms. The number of thioether (sulfide) groups is 1. The van der Waals surface area contributed by atoms with Crippen LogP contribution in [0, 0.1) is 5.92 Å². The topological polar surface area (TPSA) is 61.9 Å². The van der Waals surface area contributed by atoms with Crippen molar-refractivity contribution in [2.75, 3.05) is 51.3 Å². The van der Waals surface area contributed by atoms with E-state index in [9.17, 15) is 9.59 Å². The molecule has 6 nitrogen and oxygen atoms in total. The van der Waals surface area contributed by atoms with Crippen LogP contribution in [0.3, 0.4) is 0 Å². The first-order valence-electron chi connectivity index (χ1n) is 24.9. The molecule has 2 unspecified atom stereocenters.